The molecule has 1 unspecified atom stereocenters. The summed E-state index contributed by atoms with van der Waals surface area (Å²) in [4.78, 5) is 10.5. The Morgan fingerprint density at radius 2 is 1.90 bits per heavy atom. The van der Waals surface area contributed by atoms with E-state index in [9.17, 15) is 15.2 Å². The molecule has 0 aliphatic heterocycles. The summed E-state index contributed by atoms with van der Waals surface area (Å²) in [7, 11) is 0. The summed E-state index contributed by atoms with van der Waals surface area (Å²) < 4.78 is 0. The Morgan fingerprint density at radius 1 is 1.24 bits per heavy atom. The molecule has 21 heavy (non-hydrogen) atoms. The molecule has 0 bridgehead atoms. The van der Waals surface area contributed by atoms with Crippen molar-refractivity contribution in [2.75, 3.05) is 12.3 Å². The smallest absolute Gasteiger partial charge is 0.272 e. The second-order valence-corrected chi connectivity index (χ2v) is 4.72. The van der Waals surface area contributed by atoms with Gasteiger partial charge >= 0.3 is 0 Å². The average Bonchev–Trinajstić information content (AvgIpc) is 2.49. The topological polar surface area (TPSA) is 110 Å². The number of nitro groups is 1. The summed E-state index contributed by atoms with van der Waals surface area (Å²) in [6.07, 6.45) is -0.832. The van der Waals surface area contributed by atoms with Crippen molar-refractivity contribution in [3.05, 3.63) is 58.1 Å². The normalized spacial score (nSPS) is 12.1. The van der Waals surface area contributed by atoms with Crippen molar-refractivity contribution in [3.63, 3.8) is 0 Å². The predicted octanol–water partition coefficient (Wildman–Crippen LogP) is 1.74. The maximum absolute atomic E-state index is 11.0. The van der Waals surface area contributed by atoms with Gasteiger partial charge in [-0.25, -0.2) is 0 Å². The van der Waals surface area contributed by atoms with Gasteiger partial charge in [0, 0.05) is 24.2 Å². The monoisotopic (exact) mass is 288 g/mol. The van der Waals surface area contributed by atoms with Crippen LogP contribution >= 0.6 is 0 Å². The van der Waals surface area contributed by atoms with Crippen molar-refractivity contribution < 1.29 is 15.1 Å². The number of nitro benzene ring substituents is 1. The lowest BCUT2D eigenvalue weighted by Crippen LogP contribution is -2.17. The molecule has 0 fully saturated rings. The molecule has 110 valence electrons. The minimum atomic E-state index is -0.962. The minimum absolute atomic E-state index is 0.103. The molecule has 0 spiro atoms. The van der Waals surface area contributed by atoms with Gasteiger partial charge in [-0.05, 0) is 16.7 Å². The van der Waals surface area contributed by atoms with Crippen LogP contribution in [0, 0.1) is 10.1 Å². The number of aliphatic hydroxyl groups is 2. The summed E-state index contributed by atoms with van der Waals surface area (Å²) in [6.45, 7) is -0.398. The fraction of sp³-hybridized carbons (Fsp3) is 0.200. The lowest BCUT2D eigenvalue weighted by Gasteiger charge is -2.15. The number of anilines is 1. The SMILES string of the molecule is Nc1cc([N+](=O)[O-])cc(-c2ccccc2)c1CC(O)CO. The lowest BCUT2D eigenvalue weighted by atomic mass is 9.94. The average molecular weight is 288 g/mol. The molecule has 0 aromatic heterocycles. The molecule has 2 rings (SSSR count). The maximum atomic E-state index is 11.0. The van der Waals surface area contributed by atoms with Crippen molar-refractivity contribution in [1.82, 2.24) is 0 Å². The lowest BCUT2D eigenvalue weighted by molar-refractivity contribution is -0.384. The van der Waals surface area contributed by atoms with Crippen molar-refractivity contribution in [3.8, 4) is 11.1 Å². The van der Waals surface area contributed by atoms with E-state index in [-0.39, 0.29) is 17.8 Å². The Kier molecular flexibility index (Phi) is 4.52. The van der Waals surface area contributed by atoms with Gasteiger partial charge in [0.1, 0.15) is 0 Å². The second kappa shape index (κ2) is 6.34. The number of aliphatic hydroxyl groups excluding tert-OH is 2. The summed E-state index contributed by atoms with van der Waals surface area (Å²) in [5.41, 5.74) is 7.99. The van der Waals surface area contributed by atoms with Gasteiger partial charge in [-0.2, -0.15) is 0 Å². The van der Waals surface area contributed by atoms with Crippen molar-refractivity contribution in [2.45, 2.75) is 12.5 Å². The van der Waals surface area contributed by atoms with Crippen LogP contribution in [0.1, 0.15) is 5.56 Å². The van der Waals surface area contributed by atoms with E-state index >= 15 is 0 Å². The van der Waals surface area contributed by atoms with Gasteiger partial charge in [0.05, 0.1) is 17.6 Å². The predicted molar refractivity (Wildman–Crippen MR) is 79.7 cm³/mol. The Balaban J connectivity index is 2.60. The van der Waals surface area contributed by atoms with E-state index in [1.165, 1.54) is 12.1 Å². The second-order valence-electron chi connectivity index (χ2n) is 4.72. The largest absolute Gasteiger partial charge is 0.398 e. The zero-order chi connectivity index (χ0) is 15.4. The molecular weight excluding hydrogens is 272 g/mol. The van der Waals surface area contributed by atoms with E-state index in [4.69, 9.17) is 10.8 Å². The van der Waals surface area contributed by atoms with Crippen LogP contribution in [0.3, 0.4) is 0 Å². The van der Waals surface area contributed by atoms with Crippen LogP contribution < -0.4 is 5.73 Å². The molecule has 0 aliphatic rings. The number of benzene rings is 2. The molecule has 2 aromatic carbocycles. The Bertz CT molecular complexity index is 644. The molecular formula is C15H16N2O4. The molecule has 0 heterocycles. The molecule has 0 amide bonds. The summed E-state index contributed by atoms with van der Waals surface area (Å²) in [5.74, 6) is 0. The number of nitrogens with zero attached hydrogens (tertiary/aromatic N) is 1. The molecule has 1 atom stereocenters. The minimum Gasteiger partial charge on any atom is -0.398 e. The van der Waals surface area contributed by atoms with Gasteiger partial charge in [0.2, 0.25) is 0 Å². The Hall–Kier alpha value is -2.44. The van der Waals surface area contributed by atoms with Crippen LogP contribution in [0.2, 0.25) is 0 Å². The van der Waals surface area contributed by atoms with E-state index in [0.717, 1.165) is 5.56 Å². The maximum Gasteiger partial charge on any atom is 0.272 e. The summed E-state index contributed by atoms with van der Waals surface area (Å²) in [5, 5.41) is 29.6. The van der Waals surface area contributed by atoms with Crippen molar-refractivity contribution >= 4 is 11.4 Å². The number of hydrogen-bond donors (Lipinski definition) is 3. The van der Waals surface area contributed by atoms with Crippen molar-refractivity contribution in [2.24, 2.45) is 0 Å². The van der Waals surface area contributed by atoms with Crippen LogP contribution in [0.25, 0.3) is 11.1 Å². The summed E-state index contributed by atoms with van der Waals surface area (Å²) >= 11 is 0. The molecule has 0 saturated heterocycles. The van der Waals surface area contributed by atoms with Crippen LogP contribution in [-0.2, 0) is 6.42 Å². The third-order valence-corrected chi connectivity index (χ3v) is 3.22. The highest BCUT2D eigenvalue weighted by atomic mass is 16.6. The molecule has 6 heteroatoms. The Morgan fingerprint density at radius 3 is 2.48 bits per heavy atom. The zero-order valence-corrected chi connectivity index (χ0v) is 11.3. The third-order valence-electron chi connectivity index (χ3n) is 3.22. The molecule has 0 saturated carbocycles. The van der Waals surface area contributed by atoms with Crippen LogP contribution in [0.5, 0.6) is 0 Å². The quantitative estimate of drug-likeness (QED) is 0.441. The first-order valence-electron chi connectivity index (χ1n) is 6.44. The van der Waals surface area contributed by atoms with E-state index in [1.807, 2.05) is 30.3 Å². The Labute approximate surface area is 121 Å². The number of rotatable bonds is 5. The van der Waals surface area contributed by atoms with E-state index in [2.05, 4.69) is 0 Å². The molecule has 0 radical (unpaired) electrons. The number of hydrogen-bond acceptors (Lipinski definition) is 5. The van der Waals surface area contributed by atoms with E-state index in [1.54, 1.807) is 0 Å². The van der Waals surface area contributed by atoms with E-state index in [0.29, 0.717) is 11.1 Å². The standard InChI is InChI=1S/C15H16N2O4/c16-15-7-11(17(20)21)6-13(10-4-2-1-3-5-10)14(15)8-12(19)9-18/h1-7,12,18-19H,8-9,16H2. The van der Waals surface area contributed by atoms with E-state index < -0.39 is 17.6 Å². The molecule has 0 aliphatic carbocycles. The first kappa shape index (κ1) is 15.0. The van der Waals surface area contributed by atoms with Gasteiger partial charge in [-0.3, -0.25) is 10.1 Å². The molecule has 4 N–H and O–H groups in total. The number of nitrogens with two attached hydrogens (primary N) is 1. The molecule has 6 nitrogen and oxygen atoms in total. The fourth-order valence-electron chi connectivity index (χ4n) is 2.19. The van der Waals surface area contributed by atoms with Gasteiger partial charge in [-0.1, -0.05) is 30.3 Å². The highest BCUT2D eigenvalue weighted by Gasteiger charge is 2.18. The zero-order valence-electron chi connectivity index (χ0n) is 11.3. The fourth-order valence-corrected chi connectivity index (χ4v) is 2.19. The third kappa shape index (κ3) is 3.36. The van der Waals surface area contributed by atoms with Gasteiger partial charge in [-0.15, -0.1) is 0 Å². The number of non-ortho nitro benzene ring substituents is 1. The first-order valence-corrected chi connectivity index (χ1v) is 6.44. The summed E-state index contributed by atoms with van der Waals surface area (Å²) in [6, 6.07) is 11.8. The van der Waals surface area contributed by atoms with Crippen LogP contribution in [-0.4, -0.2) is 27.8 Å². The van der Waals surface area contributed by atoms with Gasteiger partial charge < -0.3 is 15.9 Å². The number of nitrogen functional groups attached to an aromatic ring is 1. The van der Waals surface area contributed by atoms with Gasteiger partial charge in [0.25, 0.3) is 5.69 Å². The first-order chi connectivity index (χ1) is 10.0. The molecule has 2 aromatic rings. The van der Waals surface area contributed by atoms with Crippen LogP contribution in [0.15, 0.2) is 42.5 Å². The van der Waals surface area contributed by atoms with Crippen molar-refractivity contribution in [1.29, 1.82) is 0 Å². The highest BCUT2D eigenvalue weighted by molar-refractivity contribution is 5.76. The van der Waals surface area contributed by atoms with Gasteiger partial charge in [0.15, 0.2) is 0 Å². The van der Waals surface area contributed by atoms with Crippen LogP contribution in [0.4, 0.5) is 11.4 Å². The highest BCUT2D eigenvalue weighted by Crippen LogP contribution is 2.33.